The number of carbonyl (C=O) groups excluding carboxylic acids is 1. The molecule has 1 aromatic carbocycles. The van der Waals surface area contributed by atoms with E-state index >= 15 is 0 Å². The SMILES string of the molecule is Cn1ccc(CCNC(=O)c2ccc([N+](=O)[O-])c(O)c2)n1. The second-order valence-corrected chi connectivity index (χ2v) is 4.45. The monoisotopic (exact) mass is 290 g/mol. The first-order chi connectivity index (χ1) is 9.97. The van der Waals surface area contributed by atoms with Gasteiger partial charge in [0.25, 0.3) is 5.91 Å². The fraction of sp³-hybridized carbons (Fsp3) is 0.231. The van der Waals surface area contributed by atoms with E-state index in [1.54, 1.807) is 4.68 Å². The van der Waals surface area contributed by atoms with Gasteiger partial charge >= 0.3 is 5.69 Å². The summed E-state index contributed by atoms with van der Waals surface area (Å²) in [6.45, 7) is 0.383. The lowest BCUT2D eigenvalue weighted by Crippen LogP contribution is -2.25. The Bertz CT molecular complexity index is 681. The van der Waals surface area contributed by atoms with Gasteiger partial charge < -0.3 is 10.4 Å². The molecule has 21 heavy (non-hydrogen) atoms. The minimum atomic E-state index is -0.710. The lowest BCUT2D eigenvalue weighted by atomic mass is 10.1. The average molecular weight is 290 g/mol. The smallest absolute Gasteiger partial charge is 0.310 e. The Labute approximate surface area is 120 Å². The molecule has 8 heteroatoms. The van der Waals surface area contributed by atoms with E-state index in [4.69, 9.17) is 0 Å². The number of carbonyl (C=O) groups is 1. The Kier molecular flexibility index (Phi) is 4.17. The van der Waals surface area contributed by atoms with Crippen LogP contribution in [0.25, 0.3) is 0 Å². The van der Waals surface area contributed by atoms with E-state index in [0.29, 0.717) is 13.0 Å². The maximum Gasteiger partial charge on any atom is 0.310 e. The number of nitrogens with zero attached hydrogens (tertiary/aromatic N) is 3. The molecule has 0 unspecified atom stereocenters. The van der Waals surface area contributed by atoms with Crippen molar-refractivity contribution >= 4 is 11.6 Å². The summed E-state index contributed by atoms with van der Waals surface area (Å²) in [6, 6.07) is 5.33. The molecule has 1 amide bonds. The molecule has 0 atom stereocenters. The van der Waals surface area contributed by atoms with Gasteiger partial charge in [-0.15, -0.1) is 0 Å². The molecular weight excluding hydrogens is 276 g/mol. The van der Waals surface area contributed by atoms with Crippen molar-refractivity contribution in [3.8, 4) is 5.75 Å². The minimum Gasteiger partial charge on any atom is -0.502 e. The Morgan fingerprint density at radius 3 is 2.81 bits per heavy atom. The summed E-state index contributed by atoms with van der Waals surface area (Å²) in [4.78, 5) is 21.7. The summed E-state index contributed by atoms with van der Waals surface area (Å²) in [6.07, 6.45) is 2.39. The standard InChI is InChI=1S/C13H14N4O4/c1-16-7-5-10(15-16)4-6-14-13(19)9-2-3-11(17(20)21)12(18)8-9/h2-3,5,7-8,18H,4,6H2,1H3,(H,14,19). The minimum absolute atomic E-state index is 0.166. The lowest BCUT2D eigenvalue weighted by molar-refractivity contribution is -0.385. The van der Waals surface area contributed by atoms with Gasteiger partial charge in [-0.3, -0.25) is 19.6 Å². The van der Waals surface area contributed by atoms with Gasteiger partial charge in [0, 0.05) is 37.8 Å². The van der Waals surface area contributed by atoms with Gasteiger partial charge in [-0.25, -0.2) is 0 Å². The van der Waals surface area contributed by atoms with Gasteiger partial charge in [-0.1, -0.05) is 0 Å². The third-order valence-corrected chi connectivity index (χ3v) is 2.87. The van der Waals surface area contributed by atoms with Crippen LogP contribution >= 0.6 is 0 Å². The zero-order chi connectivity index (χ0) is 15.4. The third-order valence-electron chi connectivity index (χ3n) is 2.87. The van der Waals surface area contributed by atoms with Crippen LogP contribution in [0.3, 0.4) is 0 Å². The van der Waals surface area contributed by atoms with Crippen LogP contribution < -0.4 is 5.32 Å². The highest BCUT2D eigenvalue weighted by atomic mass is 16.6. The summed E-state index contributed by atoms with van der Waals surface area (Å²) < 4.78 is 1.67. The van der Waals surface area contributed by atoms with Crippen molar-refractivity contribution in [1.82, 2.24) is 15.1 Å². The molecule has 0 bridgehead atoms. The highest BCUT2D eigenvalue weighted by molar-refractivity contribution is 5.95. The second kappa shape index (κ2) is 6.04. The highest BCUT2D eigenvalue weighted by Crippen LogP contribution is 2.26. The first-order valence-electron chi connectivity index (χ1n) is 6.21. The van der Waals surface area contributed by atoms with Crippen molar-refractivity contribution < 1.29 is 14.8 Å². The number of nitrogens with one attached hydrogen (secondary N) is 1. The molecule has 110 valence electrons. The van der Waals surface area contributed by atoms with Crippen LogP contribution in [0, 0.1) is 10.1 Å². The fourth-order valence-electron chi connectivity index (χ4n) is 1.82. The van der Waals surface area contributed by atoms with Gasteiger partial charge in [0.1, 0.15) is 0 Å². The first-order valence-corrected chi connectivity index (χ1v) is 6.21. The number of nitro benzene ring substituents is 1. The van der Waals surface area contributed by atoms with E-state index in [1.807, 2.05) is 19.3 Å². The zero-order valence-electron chi connectivity index (χ0n) is 11.3. The first kappa shape index (κ1) is 14.5. The molecule has 1 aromatic heterocycles. The maximum absolute atomic E-state index is 11.9. The van der Waals surface area contributed by atoms with Crippen LogP contribution in [-0.2, 0) is 13.5 Å². The summed E-state index contributed by atoms with van der Waals surface area (Å²) in [5.41, 5.74) is 0.587. The molecule has 0 saturated carbocycles. The van der Waals surface area contributed by atoms with Crippen LogP contribution in [0.1, 0.15) is 16.1 Å². The van der Waals surface area contributed by atoms with Crippen molar-refractivity contribution in [2.75, 3.05) is 6.54 Å². The molecular formula is C13H14N4O4. The molecule has 0 aliphatic rings. The van der Waals surface area contributed by atoms with Gasteiger partial charge in [0.2, 0.25) is 0 Å². The molecule has 2 aromatic rings. The second-order valence-electron chi connectivity index (χ2n) is 4.45. The van der Waals surface area contributed by atoms with Crippen molar-refractivity contribution in [1.29, 1.82) is 0 Å². The van der Waals surface area contributed by atoms with E-state index in [2.05, 4.69) is 10.4 Å². The predicted octanol–water partition coefficient (Wildman–Crippen LogP) is 1.01. The van der Waals surface area contributed by atoms with Crippen LogP contribution in [0.2, 0.25) is 0 Å². The van der Waals surface area contributed by atoms with Crippen LogP contribution in [0.15, 0.2) is 30.5 Å². The summed E-state index contributed by atoms with van der Waals surface area (Å²) in [5, 5.41) is 26.9. The number of aromatic nitrogens is 2. The molecule has 0 aliphatic heterocycles. The molecule has 0 aliphatic carbocycles. The molecule has 8 nitrogen and oxygen atoms in total. The summed E-state index contributed by atoms with van der Waals surface area (Å²) in [7, 11) is 1.81. The van der Waals surface area contributed by atoms with Gasteiger partial charge in [0.05, 0.1) is 10.6 Å². The van der Waals surface area contributed by atoms with E-state index in [9.17, 15) is 20.0 Å². The number of benzene rings is 1. The Balaban J connectivity index is 1.94. The number of nitro groups is 1. The largest absolute Gasteiger partial charge is 0.502 e. The molecule has 0 spiro atoms. The number of phenolic OH excluding ortho intramolecular Hbond substituents is 1. The highest BCUT2D eigenvalue weighted by Gasteiger charge is 2.15. The molecule has 0 fully saturated rings. The number of phenols is 1. The van der Waals surface area contributed by atoms with Crippen molar-refractivity contribution in [2.24, 2.45) is 7.05 Å². The Hall–Kier alpha value is -2.90. The van der Waals surface area contributed by atoms with E-state index < -0.39 is 22.3 Å². The quantitative estimate of drug-likeness (QED) is 0.630. The number of aryl methyl sites for hydroxylation is 1. The molecule has 2 rings (SSSR count). The van der Waals surface area contributed by atoms with Crippen molar-refractivity contribution in [2.45, 2.75) is 6.42 Å². The topological polar surface area (TPSA) is 110 Å². The number of amides is 1. The number of hydrogen-bond acceptors (Lipinski definition) is 5. The maximum atomic E-state index is 11.9. The van der Waals surface area contributed by atoms with E-state index in [1.165, 1.54) is 6.07 Å². The van der Waals surface area contributed by atoms with E-state index in [-0.39, 0.29) is 5.56 Å². The van der Waals surface area contributed by atoms with Crippen LogP contribution in [-0.4, -0.2) is 32.3 Å². The zero-order valence-corrected chi connectivity index (χ0v) is 11.3. The predicted molar refractivity (Wildman–Crippen MR) is 74.0 cm³/mol. The molecule has 2 N–H and O–H groups in total. The fourth-order valence-corrected chi connectivity index (χ4v) is 1.82. The molecule has 0 saturated heterocycles. The average Bonchev–Trinajstić information content (AvgIpc) is 2.83. The van der Waals surface area contributed by atoms with Crippen LogP contribution in [0.5, 0.6) is 5.75 Å². The van der Waals surface area contributed by atoms with Crippen LogP contribution in [0.4, 0.5) is 5.69 Å². The third kappa shape index (κ3) is 3.56. The Morgan fingerprint density at radius 2 is 2.24 bits per heavy atom. The normalized spacial score (nSPS) is 10.3. The van der Waals surface area contributed by atoms with Crippen molar-refractivity contribution in [3.05, 3.63) is 51.8 Å². The van der Waals surface area contributed by atoms with E-state index in [0.717, 1.165) is 17.8 Å². The van der Waals surface area contributed by atoms with Gasteiger partial charge in [-0.05, 0) is 18.2 Å². The van der Waals surface area contributed by atoms with Gasteiger partial charge in [0.15, 0.2) is 5.75 Å². The molecule has 1 heterocycles. The molecule has 0 radical (unpaired) electrons. The van der Waals surface area contributed by atoms with Crippen molar-refractivity contribution in [3.63, 3.8) is 0 Å². The summed E-state index contributed by atoms with van der Waals surface area (Å²) in [5.74, 6) is -0.937. The van der Waals surface area contributed by atoms with Gasteiger partial charge in [-0.2, -0.15) is 5.10 Å². The lowest BCUT2D eigenvalue weighted by Gasteiger charge is -2.04. The number of rotatable bonds is 5. The summed E-state index contributed by atoms with van der Waals surface area (Å²) >= 11 is 0. The number of aromatic hydroxyl groups is 1. The number of hydrogen-bond donors (Lipinski definition) is 2. The Morgan fingerprint density at radius 1 is 1.48 bits per heavy atom.